The highest BCUT2D eigenvalue weighted by Crippen LogP contribution is 2.18. The van der Waals surface area contributed by atoms with Crippen LogP contribution in [0.2, 0.25) is 0 Å². The highest BCUT2D eigenvalue weighted by molar-refractivity contribution is 7.89. The number of nitrogens with zero attached hydrogens (tertiary/aromatic N) is 1. The van der Waals surface area contributed by atoms with E-state index in [4.69, 9.17) is 4.74 Å². The molecule has 3 aromatic rings. The molecule has 0 aliphatic heterocycles. The van der Waals surface area contributed by atoms with Crippen molar-refractivity contribution < 1.29 is 27.1 Å². The SMILES string of the molecule is CCNS(=O)(=O)c1ccc(CCC(=O)N(Cc2ccc(F)cc2)[C@H](C)C(=O)NCc2ccccc2OC)cc1. The minimum Gasteiger partial charge on any atom is -0.496 e. The number of halogens is 1. The number of rotatable bonds is 13. The first-order valence-corrected chi connectivity index (χ1v) is 14.1. The second kappa shape index (κ2) is 13.9. The Labute approximate surface area is 229 Å². The van der Waals surface area contributed by atoms with Crippen LogP contribution in [0.5, 0.6) is 5.75 Å². The summed E-state index contributed by atoms with van der Waals surface area (Å²) in [6, 6.07) is 18.7. The van der Waals surface area contributed by atoms with E-state index in [0.717, 1.165) is 11.1 Å². The fraction of sp³-hybridized carbons (Fsp3) is 0.310. The number of carbonyl (C=O) groups is 2. The molecule has 0 aromatic heterocycles. The summed E-state index contributed by atoms with van der Waals surface area (Å²) in [5, 5.41) is 2.87. The van der Waals surface area contributed by atoms with Crippen molar-refractivity contribution >= 4 is 21.8 Å². The van der Waals surface area contributed by atoms with Gasteiger partial charge in [-0.3, -0.25) is 9.59 Å². The maximum atomic E-state index is 13.4. The number of benzene rings is 3. The van der Waals surface area contributed by atoms with Gasteiger partial charge >= 0.3 is 0 Å². The Morgan fingerprint density at radius 3 is 2.26 bits per heavy atom. The van der Waals surface area contributed by atoms with Crippen LogP contribution in [0.4, 0.5) is 4.39 Å². The molecular weight excluding hydrogens is 521 g/mol. The zero-order chi connectivity index (χ0) is 28.4. The highest BCUT2D eigenvalue weighted by Gasteiger charge is 2.26. The molecule has 2 amide bonds. The van der Waals surface area contributed by atoms with E-state index in [1.54, 1.807) is 51.3 Å². The fourth-order valence-corrected chi connectivity index (χ4v) is 5.09. The first kappa shape index (κ1) is 29.8. The largest absolute Gasteiger partial charge is 0.496 e. The highest BCUT2D eigenvalue weighted by atomic mass is 32.2. The topological polar surface area (TPSA) is 105 Å². The van der Waals surface area contributed by atoms with Gasteiger partial charge < -0.3 is 15.0 Å². The van der Waals surface area contributed by atoms with Gasteiger partial charge in [0.2, 0.25) is 21.8 Å². The summed E-state index contributed by atoms with van der Waals surface area (Å²) in [7, 11) is -2.01. The van der Waals surface area contributed by atoms with Crippen LogP contribution < -0.4 is 14.8 Å². The number of ether oxygens (including phenoxy) is 1. The van der Waals surface area contributed by atoms with Crippen LogP contribution in [0.1, 0.15) is 37.0 Å². The molecule has 0 bridgehead atoms. The van der Waals surface area contributed by atoms with Crippen LogP contribution >= 0.6 is 0 Å². The van der Waals surface area contributed by atoms with Crippen molar-refractivity contribution in [1.82, 2.24) is 14.9 Å². The number of hydrogen-bond acceptors (Lipinski definition) is 5. The summed E-state index contributed by atoms with van der Waals surface area (Å²) in [6.07, 6.45) is 0.459. The van der Waals surface area contributed by atoms with Crippen LogP contribution in [0.3, 0.4) is 0 Å². The number of hydrogen-bond donors (Lipinski definition) is 2. The summed E-state index contributed by atoms with van der Waals surface area (Å²) in [6.45, 7) is 4.00. The summed E-state index contributed by atoms with van der Waals surface area (Å²) >= 11 is 0. The number of nitrogens with one attached hydrogen (secondary N) is 2. The molecule has 2 N–H and O–H groups in total. The number of sulfonamides is 1. The summed E-state index contributed by atoms with van der Waals surface area (Å²) < 4.78 is 45.6. The summed E-state index contributed by atoms with van der Waals surface area (Å²) in [4.78, 5) is 28.1. The van der Waals surface area contributed by atoms with Crippen molar-refractivity contribution in [1.29, 1.82) is 0 Å². The molecule has 3 rings (SSSR count). The van der Waals surface area contributed by atoms with Gasteiger partial charge in [0.05, 0.1) is 12.0 Å². The second-order valence-corrected chi connectivity index (χ2v) is 10.8. The molecule has 0 saturated heterocycles. The van der Waals surface area contributed by atoms with Gasteiger partial charge in [0.15, 0.2) is 0 Å². The van der Waals surface area contributed by atoms with E-state index >= 15 is 0 Å². The van der Waals surface area contributed by atoms with E-state index < -0.39 is 16.1 Å². The Kier molecular flexibility index (Phi) is 10.6. The molecular formula is C29H34FN3O5S. The normalized spacial score (nSPS) is 12.0. The lowest BCUT2D eigenvalue weighted by Gasteiger charge is -2.29. The summed E-state index contributed by atoms with van der Waals surface area (Å²) in [5.74, 6) is -0.342. The molecule has 3 aromatic carbocycles. The van der Waals surface area contributed by atoms with Gasteiger partial charge in [0, 0.05) is 31.6 Å². The maximum Gasteiger partial charge on any atom is 0.242 e. The minimum absolute atomic E-state index is 0.102. The van der Waals surface area contributed by atoms with Crippen molar-refractivity contribution in [2.24, 2.45) is 0 Å². The first-order valence-electron chi connectivity index (χ1n) is 12.7. The van der Waals surface area contributed by atoms with Crippen LogP contribution in [0, 0.1) is 5.82 Å². The Morgan fingerprint density at radius 2 is 1.62 bits per heavy atom. The molecule has 0 heterocycles. The lowest BCUT2D eigenvalue weighted by Crippen LogP contribution is -2.47. The van der Waals surface area contributed by atoms with Crippen LogP contribution in [-0.2, 0) is 39.1 Å². The Bertz CT molecular complexity index is 1360. The third-order valence-electron chi connectivity index (χ3n) is 6.27. The monoisotopic (exact) mass is 555 g/mol. The lowest BCUT2D eigenvalue weighted by molar-refractivity contribution is -0.140. The average Bonchev–Trinajstić information content (AvgIpc) is 2.94. The van der Waals surface area contributed by atoms with E-state index in [0.29, 0.717) is 17.7 Å². The average molecular weight is 556 g/mol. The van der Waals surface area contributed by atoms with E-state index in [2.05, 4.69) is 10.0 Å². The van der Waals surface area contributed by atoms with E-state index in [-0.39, 0.29) is 48.6 Å². The summed E-state index contributed by atoms with van der Waals surface area (Å²) in [5.41, 5.74) is 2.28. The van der Waals surface area contributed by atoms with Crippen molar-refractivity contribution in [2.75, 3.05) is 13.7 Å². The molecule has 8 nitrogen and oxygen atoms in total. The molecule has 10 heteroatoms. The van der Waals surface area contributed by atoms with Crippen molar-refractivity contribution in [3.05, 3.63) is 95.3 Å². The second-order valence-electron chi connectivity index (χ2n) is 9.00. The zero-order valence-corrected chi connectivity index (χ0v) is 23.1. The molecule has 1 atom stereocenters. The molecule has 0 aliphatic carbocycles. The van der Waals surface area contributed by atoms with Gasteiger partial charge in [-0.2, -0.15) is 0 Å². The molecule has 0 fully saturated rings. The molecule has 0 spiro atoms. The van der Waals surface area contributed by atoms with Gasteiger partial charge in [-0.15, -0.1) is 0 Å². The van der Waals surface area contributed by atoms with Crippen molar-refractivity contribution in [3.63, 3.8) is 0 Å². The van der Waals surface area contributed by atoms with Gasteiger partial charge in [0.1, 0.15) is 17.6 Å². The Balaban J connectivity index is 1.71. The van der Waals surface area contributed by atoms with Gasteiger partial charge in [-0.1, -0.05) is 49.4 Å². The standard InChI is InChI=1S/C29H34FN3O5S/c1-4-32-39(36,37)26-16-11-22(12-17-26)13-18-28(34)33(20-23-9-14-25(30)15-10-23)21(2)29(35)31-19-24-7-5-6-8-27(24)38-3/h5-12,14-17,21,32H,4,13,18-20H2,1-3H3,(H,31,35)/t21-/m1/s1. The van der Waals surface area contributed by atoms with Crippen LogP contribution in [0.15, 0.2) is 77.7 Å². The number of methoxy groups -OCH3 is 1. The van der Waals surface area contributed by atoms with Crippen molar-refractivity contribution in [3.8, 4) is 5.75 Å². The Morgan fingerprint density at radius 1 is 0.974 bits per heavy atom. The number of carbonyl (C=O) groups excluding carboxylic acids is 2. The number of aryl methyl sites for hydroxylation is 1. The third-order valence-corrected chi connectivity index (χ3v) is 7.84. The predicted octanol–water partition coefficient (Wildman–Crippen LogP) is 3.80. The Hall–Kier alpha value is -3.76. The van der Waals surface area contributed by atoms with Gasteiger partial charge in [-0.25, -0.2) is 17.5 Å². The fourth-order valence-electron chi connectivity index (χ4n) is 4.05. The number of para-hydroxylation sites is 1. The molecule has 208 valence electrons. The molecule has 0 saturated carbocycles. The van der Waals surface area contributed by atoms with Gasteiger partial charge in [-0.05, 0) is 54.8 Å². The third kappa shape index (κ3) is 8.36. The maximum absolute atomic E-state index is 13.4. The van der Waals surface area contributed by atoms with Crippen LogP contribution in [0.25, 0.3) is 0 Å². The zero-order valence-electron chi connectivity index (χ0n) is 22.3. The first-order chi connectivity index (χ1) is 18.6. The smallest absolute Gasteiger partial charge is 0.242 e. The van der Waals surface area contributed by atoms with E-state index in [1.165, 1.54) is 29.2 Å². The lowest BCUT2D eigenvalue weighted by atomic mass is 10.1. The molecule has 39 heavy (non-hydrogen) atoms. The van der Waals surface area contributed by atoms with E-state index in [1.807, 2.05) is 18.2 Å². The van der Waals surface area contributed by atoms with Crippen molar-refractivity contribution in [2.45, 2.75) is 50.7 Å². The van der Waals surface area contributed by atoms with E-state index in [9.17, 15) is 22.4 Å². The molecule has 0 radical (unpaired) electrons. The van der Waals surface area contributed by atoms with Gasteiger partial charge in [0.25, 0.3) is 0 Å². The quantitative estimate of drug-likeness (QED) is 0.334. The molecule has 0 unspecified atom stereocenters. The minimum atomic E-state index is -3.56. The predicted molar refractivity (Wildman–Crippen MR) is 147 cm³/mol. The molecule has 0 aliphatic rings. The van der Waals surface area contributed by atoms with Crippen LogP contribution in [-0.4, -0.2) is 44.8 Å². The number of amides is 2.